The first-order valence-corrected chi connectivity index (χ1v) is 17.8. The van der Waals surface area contributed by atoms with E-state index in [9.17, 15) is 0 Å². The zero-order valence-electron chi connectivity index (χ0n) is 26.3. The molecule has 3 N–H and O–H groups in total. The largest absolute Gasteiger partial charge is 0.370 e. The number of aliphatic imine (C=N–C) groups is 1. The first-order valence-electron chi connectivity index (χ1n) is 17.8. The number of unbranched alkanes of at least 4 members (excludes halogenated alkanes) is 6. The molecule has 3 fully saturated rings. The van der Waals surface area contributed by atoms with Gasteiger partial charge in [-0.2, -0.15) is 0 Å². The fraction of sp³-hybridized carbons (Fsp3) is 0.941. The molecule has 0 aromatic carbocycles. The summed E-state index contributed by atoms with van der Waals surface area (Å²) in [6, 6.07) is 1.06. The summed E-state index contributed by atoms with van der Waals surface area (Å²) in [5.74, 6) is 3.47. The van der Waals surface area contributed by atoms with Crippen molar-refractivity contribution in [2.24, 2.45) is 22.6 Å². The number of nitrogens with zero attached hydrogens (tertiary/aromatic N) is 4. The number of hydrogen-bond donors (Lipinski definition) is 2. The highest BCUT2D eigenvalue weighted by molar-refractivity contribution is 5.80. The van der Waals surface area contributed by atoms with Crippen molar-refractivity contribution in [2.75, 3.05) is 32.7 Å². The molecule has 2 heterocycles. The van der Waals surface area contributed by atoms with Crippen LogP contribution in [0.3, 0.4) is 0 Å². The van der Waals surface area contributed by atoms with Crippen LogP contribution in [0.1, 0.15) is 148 Å². The number of guanidine groups is 2. The minimum absolute atomic E-state index is 0.492. The minimum Gasteiger partial charge on any atom is -0.370 e. The zero-order chi connectivity index (χ0) is 28.0. The smallest absolute Gasteiger partial charge is 0.194 e. The summed E-state index contributed by atoms with van der Waals surface area (Å²) in [4.78, 5) is 12.0. The molecule has 0 amide bonds. The van der Waals surface area contributed by atoms with Gasteiger partial charge in [-0.15, -0.1) is 0 Å². The quantitative estimate of drug-likeness (QED) is 0.169. The third-order valence-electron chi connectivity index (χ3n) is 10.7. The second kappa shape index (κ2) is 17.5. The predicted molar refractivity (Wildman–Crippen MR) is 171 cm³/mol. The molecule has 6 nitrogen and oxygen atoms in total. The van der Waals surface area contributed by atoms with Crippen LogP contribution >= 0.6 is 0 Å². The van der Waals surface area contributed by atoms with Gasteiger partial charge in [0.05, 0.1) is 12.6 Å². The maximum Gasteiger partial charge on any atom is 0.194 e. The van der Waals surface area contributed by atoms with Gasteiger partial charge in [-0.3, -0.25) is 10.4 Å². The Balaban J connectivity index is 1.16. The van der Waals surface area contributed by atoms with Crippen LogP contribution < -0.4 is 5.73 Å². The predicted octanol–water partition coefficient (Wildman–Crippen LogP) is 7.77. The Morgan fingerprint density at radius 1 is 0.700 bits per heavy atom. The van der Waals surface area contributed by atoms with Crippen LogP contribution in [0.5, 0.6) is 0 Å². The van der Waals surface area contributed by atoms with E-state index in [0.29, 0.717) is 12.1 Å². The fourth-order valence-electron chi connectivity index (χ4n) is 8.17. The normalized spacial score (nSPS) is 24.9. The van der Waals surface area contributed by atoms with E-state index in [4.69, 9.17) is 11.1 Å². The van der Waals surface area contributed by atoms with Crippen LogP contribution in [0.2, 0.25) is 0 Å². The molecular formula is C34H64N6. The van der Waals surface area contributed by atoms with E-state index in [1.165, 1.54) is 141 Å². The lowest BCUT2D eigenvalue weighted by molar-refractivity contribution is 0.241. The molecule has 0 aromatic heterocycles. The number of nitrogens with one attached hydrogen (secondary N) is 1. The molecule has 40 heavy (non-hydrogen) atoms. The molecule has 4 aliphatic rings. The number of nitrogens with two attached hydrogens (primary N) is 1. The summed E-state index contributed by atoms with van der Waals surface area (Å²) in [7, 11) is 0. The molecular weight excluding hydrogens is 492 g/mol. The van der Waals surface area contributed by atoms with Crippen LogP contribution in [0.15, 0.2) is 4.99 Å². The van der Waals surface area contributed by atoms with Gasteiger partial charge < -0.3 is 20.4 Å². The summed E-state index contributed by atoms with van der Waals surface area (Å²) in [5, 5.41) is 9.07. The maximum atomic E-state index is 9.07. The summed E-state index contributed by atoms with van der Waals surface area (Å²) < 4.78 is 0. The van der Waals surface area contributed by atoms with Crippen LogP contribution in [-0.2, 0) is 0 Å². The van der Waals surface area contributed by atoms with E-state index in [1.807, 2.05) is 0 Å². The van der Waals surface area contributed by atoms with Gasteiger partial charge in [0.15, 0.2) is 11.9 Å². The minimum atomic E-state index is 0.492. The van der Waals surface area contributed by atoms with Crippen molar-refractivity contribution >= 4 is 11.9 Å². The molecule has 2 atom stereocenters. The molecule has 2 aliphatic heterocycles. The monoisotopic (exact) mass is 557 g/mol. The second-order valence-corrected chi connectivity index (χ2v) is 13.8. The zero-order valence-corrected chi connectivity index (χ0v) is 26.3. The standard InChI is InChI=1S/C34H64N6/c1-2-3-4-5-14-25-40-32(26-30-20-10-7-11-21-30)28-38(34(40)36)23-15-13-22-31-27-37-33(35)39(31)24-16-12-19-29-17-8-6-9-18-29/h29-32,36H,2-28H2,1H3,(H2,35,37)/t31-,32+/m1/s1. The molecule has 0 radical (unpaired) electrons. The van der Waals surface area contributed by atoms with Crippen molar-refractivity contribution in [3.63, 3.8) is 0 Å². The van der Waals surface area contributed by atoms with Crippen LogP contribution in [0.25, 0.3) is 0 Å². The Morgan fingerprint density at radius 2 is 1.32 bits per heavy atom. The lowest BCUT2D eigenvalue weighted by atomic mass is 9.84. The molecule has 0 unspecified atom stereocenters. The van der Waals surface area contributed by atoms with Crippen molar-refractivity contribution in [1.29, 1.82) is 5.41 Å². The Hall–Kier alpha value is -1.46. The van der Waals surface area contributed by atoms with E-state index in [1.54, 1.807) is 0 Å². The first kappa shape index (κ1) is 31.5. The van der Waals surface area contributed by atoms with Gasteiger partial charge in [-0.1, -0.05) is 110 Å². The van der Waals surface area contributed by atoms with E-state index in [-0.39, 0.29) is 0 Å². The highest BCUT2D eigenvalue weighted by Crippen LogP contribution is 2.32. The Morgan fingerprint density at radius 3 is 2.08 bits per heavy atom. The average Bonchev–Trinajstić information content (AvgIpc) is 3.47. The van der Waals surface area contributed by atoms with Crippen molar-refractivity contribution in [2.45, 2.75) is 160 Å². The molecule has 0 aromatic rings. The SMILES string of the molecule is CCCCCCCN1C(=N)N(CCCC[C@@H]2CN=C(N)N2CCCCC2CCCCC2)C[C@@H]1CC1CCCCC1. The third-order valence-corrected chi connectivity index (χ3v) is 10.7. The van der Waals surface area contributed by atoms with Gasteiger partial charge >= 0.3 is 0 Å². The van der Waals surface area contributed by atoms with Crippen LogP contribution in [0.4, 0.5) is 0 Å². The van der Waals surface area contributed by atoms with E-state index in [0.717, 1.165) is 56.5 Å². The lowest BCUT2D eigenvalue weighted by Crippen LogP contribution is -2.41. The van der Waals surface area contributed by atoms with Crippen molar-refractivity contribution in [3.8, 4) is 0 Å². The molecule has 2 saturated carbocycles. The summed E-state index contributed by atoms with van der Waals surface area (Å²) in [6.07, 6.45) is 29.8. The second-order valence-electron chi connectivity index (χ2n) is 13.8. The molecule has 230 valence electrons. The van der Waals surface area contributed by atoms with Gasteiger partial charge in [0.2, 0.25) is 0 Å². The first-order chi connectivity index (χ1) is 19.7. The fourth-order valence-corrected chi connectivity index (χ4v) is 8.17. The Kier molecular flexibility index (Phi) is 13.8. The van der Waals surface area contributed by atoms with Crippen LogP contribution in [0, 0.1) is 17.2 Å². The molecule has 1 saturated heterocycles. The molecule has 4 rings (SSSR count). The van der Waals surface area contributed by atoms with Gasteiger partial charge in [-0.05, 0) is 50.4 Å². The van der Waals surface area contributed by atoms with Crippen molar-refractivity contribution < 1.29 is 0 Å². The number of hydrogen-bond acceptors (Lipinski definition) is 4. The van der Waals surface area contributed by atoms with Crippen molar-refractivity contribution in [3.05, 3.63) is 0 Å². The summed E-state index contributed by atoms with van der Waals surface area (Å²) >= 11 is 0. The van der Waals surface area contributed by atoms with E-state index in [2.05, 4.69) is 26.6 Å². The third kappa shape index (κ3) is 9.82. The molecule has 0 bridgehead atoms. The molecule has 6 heteroatoms. The van der Waals surface area contributed by atoms with Gasteiger partial charge in [-0.25, -0.2) is 0 Å². The topological polar surface area (TPSA) is 72.0 Å². The Bertz CT molecular complexity index is 741. The maximum absolute atomic E-state index is 9.07. The number of rotatable bonds is 18. The van der Waals surface area contributed by atoms with E-state index >= 15 is 0 Å². The van der Waals surface area contributed by atoms with Gasteiger partial charge in [0, 0.05) is 32.2 Å². The highest BCUT2D eigenvalue weighted by Gasteiger charge is 2.35. The van der Waals surface area contributed by atoms with Gasteiger partial charge in [0.25, 0.3) is 0 Å². The van der Waals surface area contributed by atoms with Gasteiger partial charge in [0.1, 0.15) is 0 Å². The van der Waals surface area contributed by atoms with Crippen LogP contribution in [-0.4, -0.2) is 71.4 Å². The molecule has 2 aliphatic carbocycles. The van der Waals surface area contributed by atoms with E-state index < -0.39 is 0 Å². The molecule has 0 spiro atoms. The highest BCUT2D eigenvalue weighted by atomic mass is 15.4. The lowest BCUT2D eigenvalue weighted by Gasteiger charge is -2.30. The Labute approximate surface area is 247 Å². The average molecular weight is 557 g/mol. The summed E-state index contributed by atoms with van der Waals surface area (Å²) in [5.41, 5.74) is 6.32. The summed E-state index contributed by atoms with van der Waals surface area (Å²) in [6.45, 7) is 7.46. The van der Waals surface area contributed by atoms with Crippen molar-refractivity contribution in [1.82, 2.24) is 14.7 Å².